The van der Waals surface area contributed by atoms with Crippen LogP contribution in [0.2, 0.25) is 0 Å². The third-order valence-corrected chi connectivity index (χ3v) is 6.85. The minimum atomic E-state index is -3.68. The van der Waals surface area contributed by atoms with E-state index in [1.165, 1.54) is 15.6 Å². The molecule has 1 aliphatic heterocycles. The fourth-order valence-electron chi connectivity index (χ4n) is 1.83. The van der Waals surface area contributed by atoms with Crippen molar-refractivity contribution in [3.63, 3.8) is 0 Å². The number of nitrogens with one attached hydrogen (secondary N) is 1. The van der Waals surface area contributed by atoms with Crippen LogP contribution in [0.5, 0.6) is 0 Å². The number of amides is 1. The minimum absolute atomic E-state index is 0.129. The topological polar surface area (TPSA) is 101 Å². The summed E-state index contributed by atoms with van der Waals surface area (Å²) >= 11 is 2.13. The van der Waals surface area contributed by atoms with Crippen LogP contribution in [0.4, 0.5) is 5.13 Å². The quantitative estimate of drug-likeness (QED) is 0.812. The Kier molecular flexibility index (Phi) is 4.49. The van der Waals surface area contributed by atoms with E-state index in [-0.39, 0.29) is 15.4 Å². The van der Waals surface area contributed by atoms with Crippen molar-refractivity contribution in [1.82, 2.24) is 14.5 Å². The van der Waals surface area contributed by atoms with Gasteiger partial charge in [-0.15, -0.1) is 21.5 Å². The molecule has 2 aromatic rings. The van der Waals surface area contributed by atoms with Crippen molar-refractivity contribution < 1.29 is 17.9 Å². The summed E-state index contributed by atoms with van der Waals surface area (Å²) < 4.78 is 31.1. The molecule has 0 saturated carbocycles. The fraction of sp³-hybridized carbons (Fsp3) is 0.364. The summed E-state index contributed by atoms with van der Waals surface area (Å²) in [6, 6.07) is 3.43. The number of aromatic nitrogens is 2. The molecule has 1 N–H and O–H groups in total. The summed E-state index contributed by atoms with van der Waals surface area (Å²) in [5, 5.41) is 11.9. The van der Waals surface area contributed by atoms with Crippen LogP contribution in [0, 0.1) is 0 Å². The molecule has 1 saturated heterocycles. The van der Waals surface area contributed by atoms with Gasteiger partial charge in [-0.2, -0.15) is 4.31 Å². The van der Waals surface area contributed by atoms with Gasteiger partial charge in [-0.1, -0.05) is 17.4 Å². The van der Waals surface area contributed by atoms with Crippen LogP contribution in [0.25, 0.3) is 0 Å². The second-order valence-corrected chi connectivity index (χ2v) is 8.36. The third kappa shape index (κ3) is 3.17. The predicted molar refractivity (Wildman–Crippen MR) is 81.8 cm³/mol. The first-order valence-corrected chi connectivity index (χ1v) is 9.47. The third-order valence-electron chi connectivity index (χ3n) is 2.90. The molecular formula is C11H12N4O4S3. The first-order chi connectivity index (χ1) is 10.6. The lowest BCUT2D eigenvalue weighted by Crippen LogP contribution is -2.40. The zero-order valence-electron chi connectivity index (χ0n) is 11.3. The zero-order chi connectivity index (χ0) is 15.6. The van der Waals surface area contributed by atoms with Gasteiger partial charge in [0.25, 0.3) is 15.9 Å². The summed E-state index contributed by atoms with van der Waals surface area (Å²) in [7, 11) is -3.68. The molecule has 1 amide bonds. The molecule has 118 valence electrons. The Balaban J connectivity index is 1.74. The molecule has 0 aliphatic carbocycles. The van der Waals surface area contributed by atoms with E-state index in [1.807, 2.05) is 0 Å². The molecule has 0 radical (unpaired) electrons. The maximum absolute atomic E-state index is 12.4. The second kappa shape index (κ2) is 6.38. The van der Waals surface area contributed by atoms with E-state index < -0.39 is 10.0 Å². The standard InChI is InChI=1S/C11H12N4O4S3/c16-9(8-2-1-7-20-8)12-10-13-14-11(21-10)22(17,18)15-3-5-19-6-4-15/h1-2,7H,3-6H2,(H,12,13,16). The van der Waals surface area contributed by atoms with Gasteiger partial charge in [0.2, 0.25) is 9.47 Å². The van der Waals surface area contributed by atoms with E-state index in [0.717, 1.165) is 11.3 Å². The average molecular weight is 360 g/mol. The normalized spacial score (nSPS) is 16.5. The number of thiophene rings is 1. The molecule has 1 aliphatic rings. The molecule has 1 fully saturated rings. The average Bonchev–Trinajstić information content (AvgIpc) is 3.19. The predicted octanol–water partition coefficient (Wildman–Crippen LogP) is 0.873. The number of carbonyl (C=O) groups is 1. The van der Waals surface area contributed by atoms with Gasteiger partial charge in [0.15, 0.2) is 0 Å². The van der Waals surface area contributed by atoms with E-state index in [2.05, 4.69) is 15.5 Å². The molecule has 11 heteroatoms. The summed E-state index contributed by atoms with van der Waals surface area (Å²) in [6.45, 7) is 1.30. The van der Waals surface area contributed by atoms with Crippen LogP contribution >= 0.6 is 22.7 Å². The highest BCUT2D eigenvalue weighted by molar-refractivity contribution is 7.91. The Morgan fingerprint density at radius 1 is 1.32 bits per heavy atom. The van der Waals surface area contributed by atoms with Crippen molar-refractivity contribution in [2.75, 3.05) is 31.6 Å². The van der Waals surface area contributed by atoms with Crippen LogP contribution < -0.4 is 5.32 Å². The summed E-state index contributed by atoms with van der Waals surface area (Å²) in [5.41, 5.74) is 0. The lowest BCUT2D eigenvalue weighted by molar-refractivity contribution is 0.0730. The van der Waals surface area contributed by atoms with E-state index in [9.17, 15) is 13.2 Å². The van der Waals surface area contributed by atoms with Crippen molar-refractivity contribution >= 4 is 43.7 Å². The smallest absolute Gasteiger partial charge is 0.272 e. The molecule has 3 heterocycles. The number of morpholine rings is 1. The van der Waals surface area contributed by atoms with Gasteiger partial charge in [0.05, 0.1) is 18.1 Å². The van der Waals surface area contributed by atoms with Gasteiger partial charge < -0.3 is 4.74 Å². The monoisotopic (exact) mass is 360 g/mol. The number of hydrogen-bond acceptors (Lipinski definition) is 8. The highest BCUT2D eigenvalue weighted by Gasteiger charge is 2.30. The Hall–Kier alpha value is -1.40. The summed E-state index contributed by atoms with van der Waals surface area (Å²) in [6.07, 6.45) is 0. The van der Waals surface area contributed by atoms with Crippen molar-refractivity contribution in [2.24, 2.45) is 0 Å². The molecule has 2 aromatic heterocycles. The van der Waals surface area contributed by atoms with Crippen LogP contribution in [-0.4, -0.2) is 55.1 Å². The van der Waals surface area contributed by atoms with Crippen molar-refractivity contribution in [1.29, 1.82) is 0 Å². The Bertz CT molecular complexity index is 750. The lowest BCUT2D eigenvalue weighted by Gasteiger charge is -2.24. The maximum Gasteiger partial charge on any atom is 0.272 e. The number of rotatable bonds is 4. The molecule has 0 aromatic carbocycles. The molecule has 22 heavy (non-hydrogen) atoms. The Morgan fingerprint density at radius 2 is 2.09 bits per heavy atom. The number of carbonyl (C=O) groups excluding carboxylic acids is 1. The van der Waals surface area contributed by atoms with E-state index >= 15 is 0 Å². The van der Waals surface area contributed by atoms with Gasteiger partial charge in [0, 0.05) is 13.1 Å². The van der Waals surface area contributed by atoms with Crippen molar-refractivity contribution in [3.05, 3.63) is 22.4 Å². The van der Waals surface area contributed by atoms with Gasteiger partial charge in [-0.05, 0) is 11.4 Å². The summed E-state index contributed by atoms with van der Waals surface area (Å²) in [5.74, 6) is -0.332. The van der Waals surface area contributed by atoms with Gasteiger partial charge in [0.1, 0.15) is 0 Å². The van der Waals surface area contributed by atoms with Crippen LogP contribution in [-0.2, 0) is 14.8 Å². The SMILES string of the molecule is O=C(Nc1nnc(S(=O)(=O)N2CCOCC2)s1)c1cccs1. The van der Waals surface area contributed by atoms with Crippen molar-refractivity contribution in [2.45, 2.75) is 4.34 Å². The number of hydrogen-bond donors (Lipinski definition) is 1. The van der Waals surface area contributed by atoms with E-state index in [0.29, 0.717) is 31.2 Å². The molecule has 8 nitrogen and oxygen atoms in total. The summed E-state index contributed by atoms with van der Waals surface area (Å²) in [4.78, 5) is 12.4. The van der Waals surface area contributed by atoms with Crippen LogP contribution in [0.3, 0.4) is 0 Å². The van der Waals surface area contributed by atoms with E-state index in [4.69, 9.17) is 4.74 Å². The van der Waals surface area contributed by atoms with Crippen molar-refractivity contribution in [3.8, 4) is 0 Å². The van der Waals surface area contributed by atoms with Crippen LogP contribution in [0.15, 0.2) is 21.9 Å². The highest BCUT2D eigenvalue weighted by atomic mass is 32.2. The number of nitrogens with zero attached hydrogens (tertiary/aromatic N) is 3. The number of anilines is 1. The van der Waals surface area contributed by atoms with Gasteiger partial charge in [-0.25, -0.2) is 8.42 Å². The fourth-order valence-corrected chi connectivity index (χ4v) is 4.89. The minimum Gasteiger partial charge on any atom is -0.379 e. The Morgan fingerprint density at radius 3 is 2.77 bits per heavy atom. The van der Waals surface area contributed by atoms with E-state index in [1.54, 1.807) is 17.5 Å². The molecule has 0 unspecified atom stereocenters. The van der Waals surface area contributed by atoms with Gasteiger partial charge >= 0.3 is 0 Å². The molecule has 0 bridgehead atoms. The second-order valence-electron chi connectivity index (χ2n) is 4.32. The number of ether oxygens (including phenoxy) is 1. The highest BCUT2D eigenvalue weighted by Crippen LogP contribution is 2.24. The molecule has 0 atom stereocenters. The first-order valence-electron chi connectivity index (χ1n) is 6.33. The lowest BCUT2D eigenvalue weighted by atomic mass is 10.4. The molecule has 0 spiro atoms. The first kappa shape index (κ1) is 15.5. The van der Waals surface area contributed by atoms with Gasteiger partial charge in [-0.3, -0.25) is 10.1 Å². The van der Waals surface area contributed by atoms with Crippen LogP contribution in [0.1, 0.15) is 9.67 Å². The molecule has 3 rings (SSSR count). The molecular weight excluding hydrogens is 348 g/mol. The number of sulfonamides is 1. The zero-order valence-corrected chi connectivity index (χ0v) is 13.7. The largest absolute Gasteiger partial charge is 0.379 e. The Labute approximate surface area is 134 Å². The maximum atomic E-state index is 12.4.